The lowest BCUT2D eigenvalue weighted by molar-refractivity contribution is 0.0742. The number of ether oxygens (including phenoxy) is 1. The van der Waals surface area contributed by atoms with Gasteiger partial charge in [-0.05, 0) is 55.0 Å². The molecule has 1 atom stereocenters. The number of hydrogen-bond donors (Lipinski definition) is 1. The smallest absolute Gasteiger partial charge is 0.262 e. The van der Waals surface area contributed by atoms with Crippen LogP contribution in [-0.2, 0) is 10.0 Å². The Morgan fingerprint density at radius 2 is 1.72 bits per heavy atom. The van der Waals surface area contributed by atoms with E-state index >= 15 is 0 Å². The first-order valence-electron chi connectivity index (χ1n) is 9.62. The van der Waals surface area contributed by atoms with Crippen molar-refractivity contribution < 1.29 is 26.7 Å². The largest absolute Gasteiger partial charge is 0.495 e. The topological polar surface area (TPSA) is 75.7 Å². The molecule has 1 unspecified atom stereocenters. The van der Waals surface area contributed by atoms with Gasteiger partial charge in [-0.15, -0.1) is 0 Å². The van der Waals surface area contributed by atoms with Crippen molar-refractivity contribution in [1.29, 1.82) is 0 Å². The Morgan fingerprint density at radius 3 is 2.41 bits per heavy atom. The number of para-hydroxylation sites is 2. The van der Waals surface area contributed by atoms with E-state index in [2.05, 4.69) is 4.72 Å². The molecule has 0 aromatic heterocycles. The molecule has 0 spiro atoms. The number of nitrogens with one attached hydrogen (secondary N) is 1. The fraction of sp³-hybridized carbons (Fsp3) is 0.174. The molecular formula is C23H22F2N2O4S. The molecule has 6 nitrogen and oxygen atoms in total. The summed E-state index contributed by atoms with van der Waals surface area (Å²) in [6.07, 6.45) is 0. The molecule has 1 N–H and O–H groups in total. The summed E-state index contributed by atoms with van der Waals surface area (Å²) in [5, 5.41) is 0. The van der Waals surface area contributed by atoms with Crippen molar-refractivity contribution >= 4 is 21.6 Å². The average Bonchev–Trinajstić information content (AvgIpc) is 2.79. The van der Waals surface area contributed by atoms with Gasteiger partial charge < -0.3 is 9.64 Å². The third-order valence-corrected chi connectivity index (χ3v) is 6.43. The van der Waals surface area contributed by atoms with E-state index in [1.54, 1.807) is 31.2 Å². The molecule has 9 heteroatoms. The van der Waals surface area contributed by atoms with Gasteiger partial charge in [0.2, 0.25) is 0 Å². The second-order valence-corrected chi connectivity index (χ2v) is 8.78. The predicted octanol–water partition coefficient (Wildman–Crippen LogP) is 4.61. The molecule has 1 amide bonds. The van der Waals surface area contributed by atoms with Gasteiger partial charge in [0.25, 0.3) is 15.9 Å². The number of amides is 1. The van der Waals surface area contributed by atoms with Gasteiger partial charge >= 0.3 is 0 Å². The molecule has 0 radical (unpaired) electrons. The highest BCUT2D eigenvalue weighted by atomic mass is 32.2. The summed E-state index contributed by atoms with van der Waals surface area (Å²) in [6.45, 7) is 1.66. The van der Waals surface area contributed by atoms with Crippen LogP contribution in [0.2, 0.25) is 0 Å². The van der Waals surface area contributed by atoms with Crippen LogP contribution >= 0.6 is 0 Å². The van der Waals surface area contributed by atoms with Gasteiger partial charge in [-0.3, -0.25) is 9.52 Å². The van der Waals surface area contributed by atoms with Crippen molar-refractivity contribution in [2.45, 2.75) is 17.9 Å². The molecule has 3 aromatic rings. The highest BCUT2D eigenvalue weighted by Crippen LogP contribution is 2.27. The number of nitrogens with zero attached hydrogens (tertiary/aromatic N) is 1. The fourth-order valence-corrected chi connectivity index (χ4v) is 4.22. The molecule has 32 heavy (non-hydrogen) atoms. The maximum atomic E-state index is 13.6. The molecule has 0 aliphatic rings. The van der Waals surface area contributed by atoms with Crippen LogP contribution in [0, 0.1) is 11.6 Å². The normalized spacial score (nSPS) is 12.2. The zero-order chi connectivity index (χ0) is 23.5. The van der Waals surface area contributed by atoms with Crippen LogP contribution in [0.3, 0.4) is 0 Å². The minimum Gasteiger partial charge on any atom is -0.495 e. The Kier molecular flexibility index (Phi) is 6.78. The van der Waals surface area contributed by atoms with Crippen LogP contribution in [0.1, 0.15) is 28.9 Å². The number of carbonyl (C=O) groups is 1. The third kappa shape index (κ3) is 4.88. The molecule has 0 bridgehead atoms. The minimum absolute atomic E-state index is 0.108. The molecule has 0 heterocycles. The van der Waals surface area contributed by atoms with E-state index in [9.17, 15) is 22.0 Å². The fourth-order valence-electron chi connectivity index (χ4n) is 3.10. The van der Waals surface area contributed by atoms with Gasteiger partial charge in [0, 0.05) is 12.6 Å². The predicted molar refractivity (Wildman–Crippen MR) is 117 cm³/mol. The molecule has 0 saturated carbocycles. The van der Waals surface area contributed by atoms with Crippen LogP contribution < -0.4 is 9.46 Å². The van der Waals surface area contributed by atoms with Crippen molar-refractivity contribution in [2.75, 3.05) is 18.9 Å². The second-order valence-electron chi connectivity index (χ2n) is 7.10. The first-order valence-corrected chi connectivity index (χ1v) is 11.1. The highest BCUT2D eigenvalue weighted by Gasteiger charge is 2.23. The highest BCUT2D eigenvalue weighted by molar-refractivity contribution is 7.92. The Bertz CT molecular complexity index is 1250. The summed E-state index contributed by atoms with van der Waals surface area (Å²) in [6, 6.07) is 15.0. The number of hydrogen-bond acceptors (Lipinski definition) is 4. The van der Waals surface area contributed by atoms with Crippen LogP contribution in [-0.4, -0.2) is 33.4 Å². The summed E-state index contributed by atoms with van der Waals surface area (Å²) in [5.74, 6) is -2.11. The van der Waals surface area contributed by atoms with Crippen LogP contribution in [0.15, 0.2) is 71.6 Å². The summed E-state index contributed by atoms with van der Waals surface area (Å²) in [5.41, 5.74) is 0.794. The summed E-state index contributed by atoms with van der Waals surface area (Å²) in [7, 11) is -1.07. The maximum Gasteiger partial charge on any atom is 0.262 e. The number of benzene rings is 3. The minimum atomic E-state index is -4.00. The van der Waals surface area contributed by atoms with Crippen molar-refractivity contribution in [3.63, 3.8) is 0 Å². The van der Waals surface area contributed by atoms with E-state index in [1.807, 2.05) is 0 Å². The zero-order valence-corrected chi connectivity index (χ0v) is 18.5. The number of rotatable bonds is 7. The van der Waals surface area contributed by atoms with Crippen molar-refractivity contribution in [3.8, 4) is 5.75 Å². The van der Waals surface area contributed by atoms with Crippen molar-refractivity contribution in [3.05, 3.63) is 89.5 Å². The molecule has 0 saturated heterocycles. The van der Waals surface area contributed by atoms with E-state index in [-0.39, 0.29) is 16.1 Å². The lowest BCUT2D eigenvalue weighted by atomic mass is 10.1. The average molecular weight is 461 g/mol. The lowest BCUT2D eigenvalue weighted by Gasteiger charge is -2.25. The van der Waals surface area contributed by atoms with Crippen molar-refractivity contribution in [1.82, 2.24) is 4.90 Å². The standard InChI is InChI=1S/C23H22F2N2O4S/c1-15(16-11-12-19(24)20(25)14-16)27(2)23(28)17-7-6-8-18(13-17)32(29,30)26-21-9-4-5-10-22(21)31-3/h4-15,26H,1-3H3. The lowest BCUT2D eigenvalue weighted by Crippen LogP contribution is -2.30. The van der Waals surface area contributed by atoms with E-state index in [0.29, 0.717) is 11.3 Å². The molecular weight excluding hydrogens is 438 g/mol. The Hall–Kier alpha value is -3.46. The Morgan fingerprint density at radius 1 is 1.00 bits per heavy atom. The quantitative estimate of drug-likeness (QED) is 0.559. The molecule has 0 aliphatic carbocycles. The molecule has 0 fully saturated rings. The number of methoxy groups -OCH3 is 1. The molecule has 3 rings (SSSR count). The SMILES string of the molecule is COc1ccccc1NS(=O)(=O)c1cccc(C(=O)N(C)C(C)c2ccc(F)c(F)c2)c1. The van der Waals surface area contributed by atoms with Crippen LogP contribution in [0.4, 0.5) is 14.5 Å². The number of carbonyl (C=O) groups excluding carboxylic acids is 1. The number of sulfonamides is 1. The Labute approximate surface area is 185 Å². The second kappa shape index (κ2) is 9.35. The van der Waals surface area contributed by atoms with Crippen LogP contribution in [0.5, 0.6) is 5.75 Å². The maximum absolute atomic E-state index is 13.6. The molecule has 168 valence electrons. The van der Waals surface area contributed by atoms with E-state index in [4.69, 9.17) is 4.74 Å². The molecule has 0 aliphatic heterocycles. The first-order chi connectivity index (χ1) is 15.1. The van der Waals surface area contributed by atoms with Gasteiger partial charge in [-0.25, -0.2) is 17.2 Å². The number of halogens is 2. The molecule has 3 aromatic carbocycles. The van der Waals surface area contributed by atoms with Gasteiger partial charge in [0.15, 0.2) is 11.6 Å². The van der Waals surface area contributed by atoms with Crippen molar-refractivity contribution in [2.24, 2.45) is 0 Å². The van der Waals surface area contributed by atoms with E-state index < -0.39 is 33.6 Å². The van der Waals surface area contributed by atoms with E-state index in [0.717, 1.165) is 12.1 Å². The summed E-state index contributed by atoms with van der Waals surface area (Å²) < 4.78 is 60.2. The summed E-state index contributed by atoms with van der Waals surface area (Å²) in [4.78, 5) is 14.2. The third-order valence-electron chi connectivity index (χ3n) is 5.07. The first kappa shape index (κ1) is 23.2. The van der Waals surface area contributed by atoms with Gasteiger partial charge in [-0.2, -0.15) is 0 Å². The number of anilines is 1. The van der Waals surface area contributed by atoms with E-state index in [1.165, 1.54) is 49.4 Å². The Balaban J connectivity index is 1.85. The monoisotopic (exact) mass is 460 g/mol. The summed E-state index contributed by atoms with van der Waals surface area (Å²) >= 11 is 0. The zero-order valence-electron chi connectivity index (χ0n) is 17.7. The van der Waals surface area contributed by atoms with Gasteiger partial charge in [0.1, 0.15) is 5.75 Å². The van der Waals surface area contributed by atoms with Gasteiger partial charge in [0.05, 0.1) is 23.7 Å². The van der Waals surface area contributed by atoms with Crippen LogP contribution in [0.25, 0.3) is 0 Å². The van der Waals surface area contributed by atoms with Gasteiger partial charge in [-0.1, -0.05) is 24.3 Å².